The SMILES string of the molecule is COC(=O)O[C@H]1CC[C@H](C(=O)N(C[C@H]2CC[C@H](c3ccc(OC)c(C)c3)CC2)c2cccc(-c3cnn(C4CC4)c3)c2)CC1. The molecule has 0 unspecified atom stereocenters. The molecule has 0 saturated heterocycles. The Bertz CT molecular complexity index is 1450. The highest BCUT2D eigenvalue weighted by molar-refractivity contribution is 5.95. The molecule has 3 saturated carbocycles. The smallest absolute Gasteiger partial charge is 0.496 e. The van der Waals surface area contributed by atoms with Crippen molar-refractivity contribution in [1.29, 1.82) is 0 Å². The Hall–Kier alpha value is -3.81. The number of anilines is 1. The summed E-state index contributed by atoms with van der Waals surface area (Å²) < 4.78 is 17.6. The van der Waals surface area contributed by atoms with Crippen molar-refractivity contribution in [2.24, 2.45) is 11.8 Å². The molecule has 0 N–H and O–H groups in total. The zero-order valence-electron chi connectivity index (χ0n) is 26.2. The van der Waals surface area contributed by atoms with Gasteiger partial charge in [0.25, 0.3) is 0 Å². The van der Waals surface area contributed by atoms with Gasteiger partial charge < -0.3 is 19.1 Å². The van der Waals surface area contributed by atoms with E-state index in [1.807, 2.05) is 6.20 Å². The number of hydrogen-bond acceptors (Lipinski definition) is 6. The summed E-state index contributed by atoms with van der Waals surface area (Å²) in [6.45, 7) is 2.83. The summed E-state index contributed by atoms with van der Waals surface area (Å²) in [4.78, 5) is 27.9. The molecule has 6 rings (SSSR count). The van der Waals surface area contributed by atoms with E-state index in [4.69, 9.17) is 9.47 Å². The van der Waals surface area contributed by atoms with Crippen molar-refractivity contribution in [2.45, 2.75) is 89.2 Å². The number of methoxy groups -OCH3 is 2. The summed E-state index contributed by atoms with van der Waals surface area (Å²) in [6.07, 6.45) is 12.8. The Morgan fingerprint density at radius 3 is 2.36 bits per heavy atom. The molecule has 44 heavy (non-hydrogen) atoms. The number of aromatic nitrogens is 2. The van der Waals surface area contributed by atoms with Crippen LogP contribution in [0.2, 0.25) is 0 Å². The molecule has 0 radical (unpaired) electrons. The monoisotopic (exact) mass is 599 g/mol. The fraction of sp³-hybridized carbons (Fsp3) is 0.528. The molecule has 1 heterocycles. The predicted octanol–water partition coefficient (Wildman–Crippen LogP) is 7.85. The number of rotatable bonds is 9. The van der Waals surface area contributed by atoms with Gasteiger partial charge in [-0.05, 0) is 118 Å². The lowest BCUT2D eigenvalue weighted by atomic mass is 9.78. The molecule has 234 valence electrons. The van der Waals surface area contributed by atoms with Gasteiger partial charge in [-0.3, -0.25) is 9.48 Å². The maximum absolute atomic E-state index is 14.3. The van der Waals surface area contributed by atoms with Crippen LogP contribution in [0, 0.1) is 18.8 Å². The van der Waals surface area contributed by atoms with Gasteiger partial charge in [0, 0.05) is 29.9 Å². The molecule has 3 aliphatic carbocycles. The van der Waals surface area contributed by atoms with E-state index < -0.39 is 6.16 Å². The molecule has 3 aromatic rings. The number of ether oxygens (including phenoxy) is 3. The molecule has 2 aromatic carbocycles. The average Bonchev–Trinajstić information content (AvgIpc) is 3.79. The molecule has 0 spiro atoms. The first-order chi connectivity index (χ1) is 21.4. The number of nitrogens with zero attached hydrogens (tertiary/aromatic N) is 3. The Labute approximate surface area is 260 Å². The molecule has 3 aliphatic rings. The van der Waals surface area contributed by atoms with Gasteiger partial charge in [0.1, 0.15) is 11.9 Å². The van der Waals surface area contributed by atoms with E-state index in [2.05, 4.69) is 75.0 Å². The van der Waals surface area contributed by atoms with Gasteiger partial charge in [0.15, 0.2) is 0 Å². The van der Waals surface area contributed by atoms with E-state index in [0.717, 1.165) is 54.8 Å². The summed E-state index contributed by atoms with van der Waals surface area (Å²) >= 11 is 0. The number of amides is 1. The zero-order valence-corrected chi connectivity index (χ0v) is 26.2. The average molecular weight is 600 g/mol. The van der Waals surface area contributed by atoms with Crippen molar-refractivity contribution >= 4 is 17.7 Å². The topological polar surface area (TPSA) is 82.9 Å². The lowest BCUT2D eigenvalue weighted by Gasteiger charge is -2.36. The van der Waals surface area contributed by atoms with Crippen LogP contribution in [0.3, 0.4) is 0 Å². The highest BCUT2D eigenvalue weighted by atomic mass is 16.7. The molecule has 8 nitrogen and oxygen atoms in total. The number of carbonyl (C=O) groups excluding carboxylic acids is 2. The second-order valence-electron chi connectivity index (χ2n) is 12.9. The maximum atomic E-state index is 14.3. The third kappa shape index (κ3) is 6.95. The number of hydrogen-bond donors (Lipinski definition) is 0. The predicted molar refractivity (Wildman–Crippen MR) is 170 cm³/mol. The molecule has 8 heteroatoms. The van der Waals surface area contributed by atoms with Crippen LogP contribution in [0.15, 0.2) is 54.9 Å². The molecule has 0 atom stereocenters. The van der Waals surface area contributed by atoms with Crippen molar-refractivity contribution < 1.29 is 23.8 Å². The number of carbonyl (C=O) groups is 2. The highest BCUT2D eigenvalue weighted by Gasteiger charge is 2.34. The third-order valence-electron chi connectivity index (χ3n) is 9.91. The van der Waals surface area contributed by atoms with E-state index >= 15 is 0 Å². The summed E-state index contributed by atoms with van der Waals surface area (Å²) in [6, 6.07) is 15.5. The van der Waals surface area contributed by atoms with Crippen LogP contribution in [-0.4, -0.2) is 48.7 Å². The van der Waals surface area contributed by atoms with Crippen LogP contribution < -0.4 is 9.64 Å². The minimum atomic E-state index is -0.649. The van der Waals surface area contributed by atoms with Crippen molar-refractivity contribution in [3.63, 3.8) is 0 Å². The second kappa shape index (κ2) is 13.4. The van der Waals surface area contributed by atoms with Crippen LogP contribution in [0.5, 0.6) is 5.75 Å². The molecule has 3 fully saturated rings. The van der Waals surface area contributed by atoms with Crippen molar-refractivity contribution in [3.8, 4) is 16.9 Å². The van der Waals surface area contributed by atoms with Crippen LogP contribution in [0.1, 0.15) is 87.3 Å². The summed E-state index contributed by atoms with van der Waals surface area (Å²) in [5, 5.41) is 4.60. The molecule has 0 aliphatic heterocycles. The summed E-state index contributed by atoms with van der Waals surface area (Å²) in [5.74, 6) is 2.00. The Morgan fingerprint density at radius 1 is 0.909 bits per heavy atom. The Morgan fingerprint density at radius 2 is 1.68 bits per heavy atom. The fourth-order valence-corrected chi connectivity index (χ4v) is 7.13. The molecule has 0 bridgehead atoms. The van der Waals surface area contributed by atoms with Gasteiger partial charge in [0.05, 0.1) is 26.5 Å². The quantitative estimate of drug-likeness (QED) is 0.233. The normalized spacial score (nSPS) is 23.5. The lowest BCUT2D eigenvalue weighted by molar-refractivity contribution is -0.124. The molecular weight excluding hydrogens is 554 g/mol. The van der Waals surface area contributed by atoms with E-state index in [-0.39, 0.29) is 17.9 Å². The van der Waals surface area contributed by atoms with Gasteiger partial charge in [-0.2, -0.15) is 5.10 Å². The Balaban J connectivity index is 1.17. The first-order valence-corrected chi connectivity index (χ1v) is 16.3. The zero-order chi connectivity index (χ0) is 30.6. The standard InChI is InChI=1S/C36H45N3O5/c1-24-19-29(13-18-34(24)42-2)26-9-7-25(8-10-26)22-38(35(40)27-11-16-33(17-12-27)44-36(41)43-3)32-6-4-5-28(20-32)30-21-37-39(23-30)31-14-15-31/h4-6,13,18-21,23,25-27,31,33H,7-12,14-17,22H2,1-3H3/t25-,26-,27-,33-. The Kier molecular flexibility index (Phi) is 9.24. The van der Waals surface area contributed by atoms with E-state index in [1.54, 1.807) is 7.11 Å². The fourth-order valence-electron chi connectivity index (χ4n) is 7.13. The molecule has 1 amide bonds. The van der Waals surface area contributed by atoms with Crippen LogP contribution in [-0.2, 0) is 14.3 Å². The van der Waals surface area contributed by atoms with Crippen LogP contribution in [0.4, 0.5) is 10.5 Å². The van der Waals surface area contributed by atoms with Gasteiger partial charge in [-0.1, -0.05) is 24.3 Å². The van der Waals surface area contributed by atoms with E-state index in [0.29, 0.717) is 43.6 Å². The number of benzene rings is 2. The number of aryl methyl sites for hydroxylation is 1. The van der Waals surface area contributed by atoms with Gasteiger partial charge in [-0.25, -0.2) is 4.79 Å². The van der Waals surface area contributed by atoms with Crippen molar-refractivity contribution in [1.82, 2.24) is 9.78 Å². The first-order valence-electron chi connectivity index (χ1n) is 16.3. The lowest BCUT2D eigenvalue weighted by Crippen LogP contribution is -2.42. The maximum Gasteiger partial charge on any atom is 0.508 e. The van der Waals surface area contributed by atoms with Crippen LogP contribution >= 0.6 is 0 Å². The van der Waals surface area contributed by atoms with Crippen molar-refractivity contribution in [2.75, 3.05) is 25.7 Å². The van der Waals surface area contributed by atoms with Gasteiger partial charge in [0.2, 0.25) is 5.91 Å². The first kappa shape index (κ1) is 30.2. The van der Waals surface area contributed by atoms with Gasteiger partial charge in [-0.15, -0.1) is 0 Å². The summed E-state index contributed by atoms with van der Waals surface area (Å²) in [5.41, 5.74) is 5.69. The third-order valence-corrected chi connectivity index (χ3v) is 9.91. The summed E-state index contributed by atoms with van der Waals surface area (Å²) in [7, 11) is 3.05. The second-order valence-corrected chi connectivity index (χ2v) is 12.9. The van der Waals surface area contributed by atoms with Crippen molar-refractivity contribution in [3.05, 3.63) is 66.0 Å². The van der Waals surface area contributed by atoms with E-state index in [9.17, 15) is 9.59 Å². The minimum absolute atomic E-state index is 0.0904. The molecular formula is C36H45N3O5. The van der Waals surface area contributed by atoms with Gasteiger partial charge >= 0.3 is 6.16 Å². The highest BCUT2D eigenvalue weighted by Crippen LogP contribution is 2.40. The minimum Gasteiger partial charge on any atom is -0.496 e. The van der Waals surface area contributed by atoms with Crippen LogP contribution in [0.25, 0.3) is 11.1 Å². The molecule has 1 aromatic heterocycles. The largest absolute Gasteiger partial charge is 0.508 e. The van der Waals surface area contributed by atoms with E-state index in [1.165, 1.54) is 31.1 Å².